The van der Waals surface area contributed by atoms with E-state index < -0.39 is 0 Å². The highest BCUT2D eigenvalue weighted by Gasteiger charge is 2.23. The summed E-state index contributed by atoms with van der Waals surface area (Å²) in [5, 5.41) is 7.76. The second-order valence-electron chi connectivity index (χ2n) is 7.53. The Balaban J connectivity index is 1.45. The van der Waals surface area contributed by atoms with Crippen LogP contribution >= 0.6 is 23.8 Å². The minimum Gasteiger partial charge on any atom is -0.368 e. The van der Waals surface area contributed by atoms with Crippen molar-refractivity contribution in [2.45, 2.75) is 20.4 Å². The lowest BCUT2D eigenvalue weighted by atomic mass is 10.1. The van der Waals surface area contributed by atoms with Crippen LogP contribution in [0.25, 0.3) is 11.4 Å². The number of nitrogens with one attached hydrogen (secondary N) is 1. The van der Waals surface area contributed by atoms with Gasteiger partial charge >= 0.3 is 0 Å². The molecule has 1 aliphatic rings. The first-order chi connectivity index (χ1) is 14.4. The number of amides is 1. The number of hydrogen-bond donors (Lipinski definition) is 1. The van der Waals surface area contributed by atoms with Gasteiger partial charge in [0.1, 0.15) is 6.54 Å². The summed E-state index contributed by atoms with van der Waals surface area (Å²) in [5.41, 5.74) is 4.70. The number of aromatic nitrogens is 3. The Morgan fingerprint density at radius 2 is 1.80 bits per heavy atom. The minimum absolute atomic E-state index is 0.0447. The van der Waals surface area contributed by atoms with Crippen LogP contribution in [0.2, 0.25) is 5.02 Å². The summed E-state index contributed by atoms with van der Waals surface area (Å²) >= 11 is 11.4. The zero-order chi connectivity index (χ0) is 21.3. The predicted molar refractivity (Wildman–Crippen MR) is 123 cm³/mol. The van der Waals surface area contributed by atoms with Gasteiger partial charge in [-0.3, -0.25) is 14.5 Å². The molecule has 156 valence electrons. The van der Waals surface area contributed by atoms with Crippen LogP contribution in [0.15, 0.2) is 42.5 Å². The standard InChI is InChI=1S/C22H24ClN5OS/c1-15-4-3-5-19(16(15)2)26-10-12-27(13-11-26)20(29)14-28-21(24-25-22(28)30)17-6-8-18(23)9-7-17/h3-9H,10-14H2,1-2H3,(H,25,30). The van der Waals surface area contributed by atoms with E-state index in [-0.39, 0.29) is 12.5 Å². The maximum Gasteiger partial charge on any atom is 0.242 e. The Bertz CT molecular complexity index is 1110. The maximum atomic E-state index is 13.0. The van der Waals surface area contributed by atoms with Crippen molar-refractivity contribution >= 4 is 35.4 Å². The Morgan fingerprint density at radius 1 is 1.10 bits per heavy atom. The molecular weight excluding hydrogens is 418 g/mol. The van der Waals surface area contributed by atoms with E-state index in [1.165, 1.54) is 16.8 Å². The quantitative estimate of drug-likeness (QED) is 0.615. The van der Waals surface area contributed by atoms with Gasteiger partial charge in [0.25, 0.3) is 0 Å². The third-order valence-electron chi connectivity index (χ3n) is 5.70. The lowest BCUT2D eigenvalue weighted by Gasteiger charge is -2.37. The van der Waals surface area contributed by atoms with Crippen LogP contribution in [0, 0.1) is 18.6 Å². The summed E-state index contributed by atoms with van der Waals surface area (Å²) in [4.78, 5) is 17.3. The summed E-state index contributed by atoms with van der Waals surface area (Å²) in [6.45, 7) is 7.46. The van der Waals surface area contributed by atoms with Gasteiger partial charge in [-0.1, -0.05) is 23.7 Å². The number of hydrogen-bond acceptors (Lipinski definition) is 4. The van der Waals surface area contributed by atoms with Gasteiger partial charge in [-0.25, -0.2) is 0 Å². The largest absolute Gasteiger partial charge is 0.368 e. The van der Waals surface area contributed by atoms with Gasteiger partial charge in [-0.15, -0.1) is 0 Å². The molecule has 0 spiro atoms. The number of aromatic amines is 1. The first kappa shape index (κ1) is 20.6. The molecule has 0 unspecified atom stereocenters. The number of H-pyrrole nitrogens is 1. The molecule has 2 aromatic carbocycles. The van der Waals surface area contributed by atoms with E-state index in [2.05, 4.69) is 47.1 Å². The second-order valence-corrected chi connectivity index (χ2v) is 8.36. The van der Waals surface area contributed by atoms with Gasteiger partial charge in [-0.05, 0) is 67.5 Å². The molecule has 1 fully saturated rings. The molecule has 2 heterocycles. The zero-order valence-electron chi connectivity index (χ0n) is 17.1. The number of carbonyl (C=O) groups is 1. The molecule has 0 atom stereocenters. The number of benzene rings is 2. The average molecular weight is 442 g/mol. The Labute approximate surface area is 186 Å². The highest BCUT2D eigenvalue weighted by Crippen LogP contribution is 2.24. The average Bonchev–Trinajstić information content (AvgIpc) is 3.11. The second kappa shape index (κ2) is 8.62. The molecular formula is C22H24ClN5OS. The maximum absolute atomic E-state index is 13.0. The van der Waals surface area contributed by atoms with Crippen molar-refractivity contribution in [2.75, 3.05) is 31.1 Å². The van der Waals surface area contributed by atoms with Crippen LogP contribution in [-0.4, -0.2) is 51.8 Å². The molecule has 0 radical (unpaired) electrons. The van der Waals surface area contributed by atoms with Gasteiger partial charge in [0, 0.05) is 42.5 Å². The molecule has 3 aromatic rings. The van der Waals surface area contributed by atoms with Crippen molar-refractivity contribution in [3.05, 3.63) is 63.4 Å². The van der Waals surface area contributed by atoms with Gasteiger partial charge in [0.2, 0.25) is 5.91 Å². The SMILES string of the molecule is Cc1cccc(N2CCN(C(=O)Cn3c(-c4ccc(Cl)cc4)n[nH]c3=S)CC2)c1C. The summed E-state index contributed by atoms with van der Waals surface area (Å²) in [6, 6.07) is 13.7. The molecule has 1 aromatic heterocycles. The first-order valence-corrected chi connectivity index (χ1v) is 10.7. The Hall–Kier alpha value is -2.64. The lowest BCUT2D eigenvalue weighted by Crippen LogP contribution is -2.49. The van der Waals surface area contributed by atoms with E-state index in [0.717, 1.165) is 18.7 Å². The highest BCUT2D eigenvalue weighted by atomic mass is 35.5. The molecule has 1 N–H and O–H groups in total. The van der Waals surface area contributed by atoms with Crippen LogP contribution in [-0.2, 0) is 11.3 Å². The third-order valence-corrected chi connectivity index (χ3v) is 6.27. The number of carbonyl (C=O) groups excluding carboxylic acids is 1. The van der Waals surface area contributed by atoms with Crippen molar-refractivity contribution in [1.82, 2.24) is 19.7 Å². The number of rotatable bonds is 4. The number of halogens is 1. The summed E-state index contributed by atoms with van der Waals surface area (Å²) in [6.07, 6.45) is 0. The normalized spacial score (nSPS) is 14.2. The summed E-state index contributed by atoms with van der Waals surface area (Å²) < 4.78 is 2.18. The van der Waals surface area contributed by atoms with E-state index in [0.29, 0.717) is 28.7 Å². The number of nitrogens with zero attached hydrogens (tertiary/aromatic N) is 4. The van der Waals surface area contributed by atoms with Gasteiger partial charge < -0.3 is 9.80 Å². The molecule has 0 saturated carbocycles. The summed E-state index contributed by atoms with van der Waals surface area (Å²) in [5.74, 6) is 0.683. The molecule has 8 heteroatoms. The molecule has 1 amide bonds. The van der Waals surface area contributed by atoms with E-state index in [4.69, 9.17) is 23.8 Å². The monoisotopic (exact) mass is 441 g/mol. The molecule has 30 heavy (non-hydrogen) atoms. The smallest absolute Gasteiger partial charge is 0.242 e. The highest BCUT2D eigenvalue weighted by molar-refractivity contribution is 7.71. The van der Waals surface area contributed by atoms with E-state index in [1.54, 1.807) is 16.7 Å². The van der Waals surface area contributed by atoms with Crippen molar-refractivity contribution in [2.24, 2.45) is 0 Å². The summed E-state index contributed by atoms with van der Waals surface area (Å²) in [7, 11) is 0. The number of piperazine rings is 1. The predicted octanol–water partition coefficient (Wildman–Crippen LogP) is 4.23. The molecule has 1 aliphatic heterocycles. The number of aryl methyl sites for hydroxylation is 1. The van der Waals surface area contributed by atoms with Crippen molar-refractivity contribution in [3.8, 4) is 11.4 Å². The Kier molecular flexibility index (Phi) is 5.92. The minimum atomic E-state index is 0.0447. The zero-order valence-corrected chi connectivity index (χ0v) is 18.6. The lowest BCUT2D eigenvalue weighted by molar-refractivity contribution is -0.132. The van der Waals surface area contributed by atoms with Crippen molar-refractivity contribution in [3.63, 3.8) is 0 Å². The fraction of sp³-hybridized carbons (Fsp3) is 0.318. The fourth-order valence-electron chi connectivity index (χ4n) is 3.79. The molecule has 0 aliphatic carbocycles. The van der Waals surface area contributed by atoms with E-state index >= 15 is 0 Å². The van der Waals surface area contributed by atoms with Crippen molar-refractivity contribution in [1.29, 1.82) is 0 Å². The Morgan fingerprint density at radius 3 is 2.50 bits per heavy atom. The van der Waals surface area contributed by atoms with Crippen LogP contribution in [0.4, 0.5) is 5.69 Å². The topological polar surface area (TPSA) is 57.2 Å². The van der Waals surface area contributed by atoms with Crippen LogP contribution in [0.5, 0.6) is 0 Å². The molecule has 4 rings (SSSR count). The third kappa shape index (κ3) is 4.13. The van der Waals surface area contributed by atoms with E-state index in [1.807, 2.05) is 17.0 Å². The molecule has 0 bridgehead atoms. The fourth-order valence-corrected chi connectivity index (χ4v) is 4.12. The van der Waals surface area contributed by atoms with Crippen LogP contribution in [0.3, 0.4) is 0 Å². The van der Waals surface area contributed by atoms with E-state index in [9.17, 15) is 4.79 Å². The first-order valence-electron chi connectivity index (χ1n) is 9.94. The molecule has 6 nitrogen and oxygen atoms in total. The van der Waals surface area contributed by atoms with Crippen LogP contribution in [0.1, 0.15) is 11.1 Å². The van der Waals surface area contributed by atoms with Crippen LogP contribution < -0.4 is 4.90 Å². The van der Waals surface area contributed by atoms with Gasteiger partial charge in [-0.2, -0.15) is 5.10 Å². The molecule has 1 saturated heterocycles. The van der Waals surface area contributed by atoms with Crippen molar-refractivity contribution < 1.29 is 4.79 Å². The van der Waals surface area contributed by atoms with Gasteiger partial charge in [0.05, 0.1) is 0 Å². The van der Waals surface area contributed by atoms with Gasteiger partial charge in [0.15, 0.2) is 10.6 Å². The number of anilines is 1.